The predicted molar refractivity (Wildman–Crippen MR) is 49.1 cm³/mol. The van der Waals surface area contributed by atoms with E-state index in [2.05, 4.69) is 4.74 Å². The zero-order chi connectivity index (χ0) is 10.3. The van der Waals surface area contributed by atoms with Gasteiger partial charge in [-0.15, -0.1) is 0 Å². The van der Waals surface area contributed by atoms with Crippen LogP contribution in [0.2, 0.25) is 0 Å². The number of esters is 1. The van der Waals surface area contributed by atoms with E-state index in [9.17, 15) is 9.59 Å². The van der Waals surface area contributed by atoms with Crippen molar-refractivity contribution >= 4 is 11.9 Å². The Balaban J connectivity index is 2.14. The summed E-state index contributed by atoms with van der Waals surface area (Å²) >= 11 is 0. The van der Waals surface area contributed by atoms with Gasteiger partial charge in [-0.1, -0.05) is 13.0 Å². The van der Waals surface area contributed by atoms with Crippen LogP contribution in [0.15, 0.2) is 11.8 Å². The highest BCUT2D eigenvalue weighted by Crippen LogP contribution is 2.40. The fourth-order valence-electron chi connectivity index (χ4n) is 2.24. The summed E-state index contributed by atoms with van der Waals surface area (Å²) in [6.45, 7) is 2.00. The van der Waals surface area contributed by atoms with Crippen LogP contribution < -0.4 is 0 Å². The van der Waals surface area contributed by atoms with Crippen molar-refractivity contribution in [1.29, 1.82) is 0 Å². The Morgan fingerprint density at radius 1 is 1.71 bits per heavy atom. The zero-order valence-corrected chi connectivity index (χ0v) is 8.32. The number of ether oxygens (including phenoxy) is 1. The summed E-state index contributed by atoms with van der Waals surface area (Å²) in [4.78, 5) is 24.4. The molecule has 0 bridgehead atoms. The summed E-state index contributed by atoms with van der Waals surface area (Å²) in [5.74, 6) is -0.240. The smallest absolute Gasteiger partial charge is 0.354 e. The lowest BCUT2D eigenvalue weighted by atomic mass is 9.85. The van der Waals surface area contributed by atoms with Gasteiger partial charge in [-0.2, -0.15) is 0 Å². The normalized spacial score (nSPS) is 29.4. The molecular formula is C10H13NO3. The number of amides is 1. The number of nitrogens with zero attached hydrogens (tertiary/aromatic N) is 1. The topological polar surface area (TPSA) is 46.6 Å². The Labute approximate surface area is 82.5 Å². The number of carbonyl (C=O) groups is 2. The molecular weight excluding hydrogens is 182 g/mol. The van der Waals surface area contributed by atoms with Gasteiger partial charge in [0.15, 0.2) is 0 Å². The summed E-state index contributed by atoms with van der Waals surface area (Å²) in [6.07, 6.45) is 3.43. The third-order valence-corrected chi connectivity index (χ3v) is 3.00. The Hall–Kier alpha value is -1.32. The van der Waals surface area contributed by atoms with E-state index in [1.165, 1.54) is 7.11 Å². The first kappa shape index (κ1) is 9.24. The number of fused-ring (bicyclic) bond motifs is 1. The molecule has 2 atom stereocenters. The number of methoxy groups -OCH3 is 1. The second-order valence-corrected chi connectivity index (χ2v) is 3.61. The van der Waals surface area contributed by atoms with Gasteiger partial charge in [0.2, 0.25) is 5.91 Å². The van der Waals surface area contributed by atoms with Crippen molar-refractivity contribution in [3.05, 3.63) is 11.8 Å². The highest BCUT2D eigenvalue weighted by molar-refractivity contribution is 5.99. The van der Waals surface area contributed by atoms with E-state index in [1.807, 2.05) is 6.92 Å². The molecule has 2 aliphatic heterocycles. The first-order valence-electron chi connectivity index (χ1n) is 4.82. The second-order valence-electron chi connectivity index (χ2n) is 3.61. The largest absolute Gasteiger partial charge is 0.464 e. The van der Waals surface area contributed by atoms with Crippen LogP contribution in [0.1, 0.15) is 19.8 Å². The van der Waals surface area contributed by atoms with Gasteiger partial charge in [-0.3, -0.25) is 4.79 Å². The van der Waals surface area contributed by atoms with Gasteiger partial charge in [0.1, 0.15) is 5.70 Å². The van der Waals surface area contributed by atoms with Gasteiger partial charge in [0.05, 0.1) is 19.1 Å². The molecule has 0 aromatic rings. The molecule has 4 nitrogen and oxygen atoms in total. The molecule has 0 spiro atoms. The minimum absolute atomic E-state index is 0.0617. The lowest BCUT2D eigenvalue weighted by Gasteiger charge is -2.43. The van der Waals surface area contributed by atoms with Gasteiger partial charge >= 0.3 is 5.97 Å². The fourth-order valence-corrected chi connectivity index (χ4v) is 2.24. The molecule has 2 rings (SSSR count). The second kappa shape index (κ2) is 3.12. The van der Waals surface area contributed by atoms with Crippen LogP contribution in [0.4, 0.5) is 0 Å². The summed E-state index contributed by atoms with van der Waals surface area (Å²) in [7, 11) is 1.33. The molecule has 1 unspecified atom stereocenters. The number of rotatable bonds is 2. The number of carbonyl (C=O) groups excluding carboxylic acids is 2. The molecule has 1 saturated heterocycles. The molecule has 1 fully saturated rings. The Morgan fingerprint density at radius 3 is 3.00 bits per heavy atom. The van der Waals surface area contributed by atoms with Crippen molar-refractivity contribution in [2.75, 3.05) is 7.11 Å². The maximum atomic E-state index is 11.6. The maximum absolute atomic E-state index is 11.6. The summed E-state index contributed by atoms with van der Waals surface area (Å²) in [5.41, 5.74) is 0.423. The highest BCUT2D eigenvalue weighted by atomic mass is 16.5. The van der Waals surface area contributed by atoms with Crippen LogP contribution in [-0.2, 0) is 14.3 Å². The molecule has 0 radical (unpaired) electrons. The first-order valence-corrected chi connectivity index (χ1v) is 4.82. The minimum atomic E-state index is -0.407. The zero-order valence-electron chi connectivity index (χ0n) is 8.32. The highest BCUT2D eigenvalue weighted by Gasteiger charge is 2.51. The van der Waals surface area contributed by atoms with E-state index in [1.54, 1.807) is 11.0 Å². The summed E-state index contributed by atoms with van der Waals surface area (Å²) < 4.78 is 4.60. The molecule has 0 saturated carbocycles. The first-order chi connectivity index (χ1) is 6.70. The van der Waals surface area contributed by atoms with Crippen molar-refractivity contribution in [3.63, 3.8) is 0 Å². The molecule has 76 valence electrons. The molecule has 0 aliphatic carbocycles. The van der Waals surface area contributed by atoms with E-state index in [0.717, 1.165) is 12.8 Å². The van der Waals surface area contributed by atoms with Crippen molar-refractivity contribution < 1.29 is 14.3 Å². The Bertz CT molecular complexity index is 321. The summed E-state index contributed by atoms with van der Waals surface area (Å²) in [5, 5.41) is 0. The third-order valence-electron chi connectivity index (χ3n) is 3.00. The van der Waals surface area contributed by atoms with Gasteiger partial charge in [0, 0.05) is 0 Å². The van der Waals surface area contributed by atoms with E-state index < -0.39 is 5.97 Å². The van der Waals surface area contributed by atoms with E-state index in [-0.39, 0.29) is 17.9 Å². The van der Waals surface area contributed by atoms with Crippen molar-refractivity contribution in [2.45, 2.75) is 25.8 Å². The Kier molecular flexibility index (Phi) is 2.06. The van der Waals surface area contributed by atoms with Crippen molar-refractivity contribution in [2.24, 2.45) is 5.92 Å². The van der Waals surface area contributed by atoms with Crippen molar-refractivity contribution in [3.8, 4) is 0 Å². The predicted octanol–water partition coefficient (Wildman–Crippen LogP) is 0.684. The van der Waals surface area contributed by atoms with Crippen LogP contribution in [0.5, 0.6) is 0 Å². The summed E-state index contributed by atoms with van der Waals surface area (Å²) in [6, 6.07) is 0.210. The minimum Gasteiger partial charge on any atom is -0.464 e. The van der Waals surface area contributed by atoms with Crippen molar-refractivity contribution in [1.82, 2.24) is 4.90 Å². The Morgan fingerprint density at radius 2 is 2.43 bits per heavy atom. The van der Waals surface area contributed by atoms with Crippen LogP contribution in [0.25, 0.3) is 0 Å². The molecule has 0 N–H and O–H groups in total. The SMILES string of the molecule is CCC1C(=O)N2C(C(=O)OC)=CC[C@H]12. The van der Waals surface area contributed by atoms with E-state index in [0.29, 0.717) is 5.70 Å². The van der Waals surface area contributed by atoms with Crippen LogP contribution >= 0.6 is 0 Å². The molecule has 2 aliphatic rings. The van der Waals surface area contributed by atoms with Gasteiger partial charge in [0.25, 0.3) is 0 Å². The van der Waals surface area contributed by atoms with Gasteiger partial charge < -0.3 is 9.64 Å². The third kappa shape index (κ3) is 0.997. The molecule has 2 heterocycles. The molecule has 0 aromatic carbocycles. The van der Waals surface area contributed by atoms with Crippen LogP contribution in [0.3, 0.4) is 0 Å². The van der Waals surface area contributed by atoms with E-state index in [4.69, 9.17) is 0 Å². The fraction of sp³-hybridized carbons (Fsp3) is 0.600. The lowest BCUT2D eigenvalue weighted by Crippen LogP contribution is -2.58. The van der Waals surface area contributed by atoms with Crippen LogP contribution in [0, 0.1) is 5.92 Å². The molecule has 4 heteroatoms. The maximum Gasteiger partial charge on any atom is 0.354 e. The standard InChI is InChI=1S/C10H13NO3/c1-3-6-7-4-5-8(10(13)14-2)11(7)9(6)12/h5-7H,3-4H2,1-2H3/t6?,7-/m1/s1. The molecule has 0 aromatic heterocycles. The molecule has 14 heavy (non-hydrogen) atoms. The van der Waals surface area contributed by atoms with E-state index >= 15 is 0 Å². The number of hydrogen-bond acceptors (Lipinski definition) is 3. The quantitative estimate of drug-likeness (QED) is 0.481. The van der Waals surface area contributed by atoms with Crippen LogP contribution in [-0.4, -0.2) is 29.9 Å². The van der Waals surface area contributed by atoms with Gasteiger partial charge in [-0.25, -0.2) is 4.79 Å². The lowest BCUT2D eigenvalue weighted by molar-refractivity contribution is -0.155. The molecule has 1 amide bonds. The average Bonchev–Trinajstić information content (AvgIpc) is 2.57. The average molecular weight is 195 g/mol. The number of β-lactam (4-membered cyclic amide) rings is 1. The van der Waals surface area contributed by atoms with Gasteiger partial charge in [-0.05, 0) is 12.8 Å². The monoisotopic (exact) mass is 195 g/mol. The number of hydrogen-bond donors (Lipinski definition) is 0.